The third-order valence-corrected chi connectivity index (χ3v) is 7.16. The fourth-order valence-electron chi connectivity index (χ4n) is 5.00. The summed E-state index contributed by atoms with van der Waals surface area (Å²) in [7, 11) is 0. The van der Waals surface area contributed by atoms with Crippen molar-refractivity contribution in [3.8, 4) is 28.4 Å². The first-order valence-electron chi connectivity index (χ1n) is 12.3. The summed E-state index contributed by atoms with van der Waals surface area (Å²) >= 11 is 6.51. The van der Waals surface area contributed by atoms with E-state index in [0.717, 1.165) is 52.2 Å². The maximum Gasteiger partial charge on any atom is 0.349 e. The molecule has 1 saturated heterocycles. The van der Waals surface area contributed by atoms with E-state index in [9.17, 15) is 9.32 Å². The molecule has 0 aliphatic carbocycles. The Kier molecular flexibility index (Phi) is 7.53. The molecule has 194 valence electrons. The third-order valence-electron chi connectivity index (χ3n) is 6.79. The number of ether oxygens (including phenoxy) is 4. The van der Waals surface area contributed by atoms with Crippen molar-refractivity contribution in [2.24, 2.45) is 0 Å². The molecule has 0 saturated carbocycles. The Bertz CT molecular complexity index is 1280. The zero-order valence-electron chi connectivity index (χ0n) is 20.7. The number of hydrogen-bond donors (Lipinski definition) is 0. The van der Waals surface area contributed by atoms with Crippen molar-refractivity contribution in [2.45, 2.75) is 45.3 Å². The number of hydrogen-bond acceptors (Lipinski definition) is 6. The number of carbonyl (C=O) groups excluding carboxylic acids is 1. The fraction of sp³-hybridized carbons (Fsp3) is 0.345. The molecule has 0 N–H and O–H groups in total. The van der Waals surface area contributed by atoms with Crippen molar-refractivity contribution in [1.82, 2.24) is 0 Å². The van der Waals surface area contributed by atoms with Crippen LogP contribution in [0.5, 0.6) is 17.2 Å². The summed E-state index contributed by atoms with van der Waals surface area (Å²) in [6.45, 7) is 6.09. The summed E-state index contributed by atoms with van der Waals surface area (Å²) in [5.41, 5.74) is 6.10. The normalized spacial score (nSPS) is 18.3. The zero-order valence-corrected chi connectivity index (χ0v) is 21.5. The highest BCUT2D eigenvalue weighted by Gasteiger charge is 2.28. The Morgan fingerprint density at radius 2 is 1.86 bits per heavy atom. The van der Waals surface area contributed by atoms with Crippen LogP contribution >= 0.6 is 11.6 Å². The molecule has 8 heteroatoms. The third kappa shape index (κ3) is 5.68. The Balaban J connectivity index is 1.30. The molecule has 6 nitrogen and oxygen atoms in total. The van der Waals surface area contributed by atoms with E-state index in [1.807, 2.05) is 30.3 Å². The molecule has 0 amide bonds. The average molecular weight is 527 g/mol. The van der Waals surface area contributed by atoms with Crippen LogP contribution in [0.3, 0.4) is 0 Å². The van der Waals surface area contributed by atoms with Crippen LogP contribution < -0.4 is 14.2 Å². The SMILES string of the molecule is Cc1cc(OC2CCOC2)cc(C)c1-c1ccc(Cl)c(COc2ccc3c(c2)OCC3CC(=O)OF)c1. The number of benzene rings is 3. The maximum atomic E-state index is 12.1. The molecule has 2 aliphatic heterocycles. The Hall–Kier alpha value is -3.29. The van der Waals surface area contributed by atoms with E-state index in [1.54, 1.807) is 6.07 Å². The predicted octanol–water partition coefficient (Wildman–Crippen LogP) is 6.66. The van der Waals surface area contributed by atoms with Crippen LogP contribution in [0.1, 0.15) is 41.0 Å². The van der Waals surface area contributed by atoms with Gasteiger partial charge in [-0.1, -0.05) is 23.7 Å². The molecule has 2 heterocycles. The van der Waals surface area contributed by atoms with Gasteiger partial charge in [0.2, 0.25) is 0 Å². The topological polar surface area (TPSA) is 63.2 Å². The van der Waals surface area contributed by atoms with E-state index in [-0.39, 0.29) is 25.0 Å². The molecule has 0 aromatic heterocycles. The molecule has 3 aromatic carbocycles. The highest BCUT2D eigenvalue weighted by Crippen LogP contribution is 2.39. The van der Waals surface area contributed by atoms with Crippen LogP contribution in [0.15, 0.2) is 48.5 Å². The van der Waals surface area contributed by atoms with E-state index < -0.39 is 5.97 Å². The Morgan fingerprint density at radius 3 is 2.59 bits per heavy atom. The van der Waals surface area contributed by atoms with Crippen molar-refractivity contribution in [3.63, 3.8) is 0 Å². The molecule has 2 atom stereocenters. The molecule has 37 heavy (non-hydrogen) atoms. The lowest BCUT2D eigenvalue weighted by atomic mass is 9.94. The molecule has 0 radical (unpaired) electrons. The van der Waals surface area contributed by atoms with E-state index in [4.69, 9.17) is 30.5 Å². The van der Waals surface area contributed by atoms with Crippen molar-refractivity contribution < 1.29 is 33.2 Å². The van der Waals surface area contributed by atoms with Crippen LogP contribution in [0.4, 0.5) is 4.53 Å². The van der Waals surface area contributed by atoms with Crippen LogP contribution in [0, 0.1) is 13.8 Å². The summed E-state index contributed by atoms with van der Waals surface area (Å²) in [4.78, 5) is 14.6. The number of fused-ring (bicyclic) bond motifs is 1. The average Bonchev–Trinajstić information content (AvgIpc) is 3.53. The van der Waals surface area contributed by atoms with Gasteiger partial charge in [0, 0.05) is 39.1 Å². The van der Waals surface area contributed by atoms with Gasteiger partial charge in [0.1, 0.15) is 30.0 Å². The van der Waals surface area contributed by atoms with Crippen molar-refractivity contribution in [3.05, 3.63) is 75.8 Å². The van der Waals surface area contributed by atoms with Crippen molar-refractivity contribution >= 4 is 17.6 Å². The van der Waals surface area contributed by atoms with Crippen LogP contribution in [0.25, 0.3) is 11.1 Å². The van der Waals surface area contributed by atoms with Gasteiger partial charge >= 0.3 is 5.97 Å². The summed E-state index contributed by atoms with van der Waals surface area (Å²) < 4.78 is 35.3. The first-order valence-corrected chi connectivity index (χ1v) is 12.6. The van der Waals surface area contributed by atoms with Gasteiger partial charge in [-0.05, 0) is 66.4 Å². The summed E-state index contributed by atoms with van der Waals surface area (Å²) in [5.74, 6) is 0.931. The van der Waals surface area contributed by atoms with Crippen LogP contribution in [0.2, 0.25) is 5.02 Å². The molecular weight excluding hydrogens is 499 g/mol. The lowest BCUT2D eigenvalue weighted by molar-refractivity contribution is -0.184. The van der Waals surface area contributed by atoms with Gasteiger partial charge in [0.25, 0.3) is 0 Å². The highest BCUT2D eigenvalue weighted by molar-refractivity contribution is 6.31. The molecule has 0 bridgehead atoms. The number of aryl methyl sites for hydroxylation is 2. The molecule has 2 unspecified atom stereocenters. The first-order chi connectivity index (χ1) is 17.9. The molecule has 1 fully saturated rings. The van der Waals surface area contributed by atoms with E-state index in [2.05, 4.69) is 30.9 Å². The largest absolute Gasteiger partial charge is 0.492 e. The van der Waals surface area contributed by atoms with Gasteiger partial charge in [0.15, 0.2) is 0 Å². The van der Waals surface area contributed by atoms with Crippen LogP contribution in [-0.4, -0.2) is 31.9 Å². The fourth-order valence-corrected chi connectivity index (χ4v) is 5.17. The number of rotatable bonds is 8. The molecule has 3 aromatic rings. The van der Waals surface area contributed by atoms with Gasteiger partial charge in [-0.3, -0.25) is 4.94 Å². The van der Waals surface area contributed by atoms with Gasteiger partial charge < -0.3 is 18.9 Å². The Morgan fingerprint density at radius 1 is 1.05 bits per heavy atom. The van der Waals surface area contributed by atoms with E-state index in [0.29, 0.717) is 29.7 Å². The maximum absolute atomic E-state index is 12.1. The molecule has 5 rings (SSSR count). The molecule has 2 aliphatic rings. The highest BCUT2D eigenvalue weighted by atomic mass is 35.5. The quantitative estimate of drug-likeness (QED) is 0.327. The number of halogens is 2. The second kappa shape index (κ2) is 11.0. The predicted molar refractivity (Wildman–Crippen MR) is 137 cm³/mol. The van der Waals surface area contributed by atoms with E-state index in [1.165, 1.54) is 0 Å². The standard InChI is InChI=1S/C29H28ClFO6/c1-17-9-24(36-23-7-8-33-16-23)10-18(2)29(17)19-3-6-26(30)21(11-19)15-34-22-4-5-25-20(12-28(32)37-31)14-35-27(25)13-22/h3-6,9-11,13,20,23H,7-8,12,14-16H2,1-2H3. The zero-order chi connectivity index (χ0) is 25.9. The number of carbonyl (C=O) groups is 1. The summed E-state index contributed by atoms with van der Waals surface area (Å²) in [5, 5.41) is 0.613. The summed E-state index contributed by atoms with van der Waals surface area (Å²) in [6.07, 6.45) is 0.934. The molecular formula is C29H28ClFO6. The molecule has 0 spiro atoms. The second-order valence-electron chi connectivity index (χ2n) is 9.49. The minimum absolute atomic E-state index is 0.0764. The lowest BCUT2D eigenvalue weighted by Crippen LogP contribution is -2.15. The second-order valence-corrected chi connectivity index (χ2v) is 9.90. The van der Waals surface area contributed by atoms with Gasteiger partial charge in [0.05, 0.1) is 26.2 Å². The van der Waals surface area contributed by atoms with Gasteiger partial charge in [-0.2, -0.15) is 0 Å². The van der Waals surface area contributed by atoms with Gasteiger partial charge in [-0.25, -0.2) is 4.79 Å². The van der Waals surface area contributed by atoms with Crippen LogP contribution in [-0.2, 0) is 21.1 Å². The smallest absolute Gasteiger partial charge is 0.349 e. The lowest BCUT2D eigenvalue weighted by Gasteiger charge is -2.17. The van der Waals surface area contributed by atoms with Crippen molar-refractivity contribution in [1.29, 1.82) is 0 Å². The van der Waals surface area contributed by atoms with E-state index >= 15 is 0 Å². The Labute approximate surface area is 220 Å². The summed E-state index contributed by atoms with van der Waals surface area (Å²) in [6, 6.07) is 15.5. The minimum atomic E-state index is -0.910. The monoisotopic (exact) mass is 526 g/mol. The first kappa shape index (κ1) is 25.4. The van der Waals surface area contributed by atoms with Crippen molar-refractivity contribution in [2.75, 3.05) is 19.8 Å². The van der Waals surface area contributed by atoms with Gasteiger partial charge in [-0.15, -0.1) is 0 Å². The minimum Gasteiger partial charge on any atom is -0.492 e.